The third kappa shape index (κ3) is 6.08. The summed E-state index contributed by atoms with van der Waals surface area (Å²) in [4.78, 5) is 1.96. The van der Waals surface area contributed by atoms with Gasteiger partial charge in [-0.1, -0.05) is 20.8 Å². The summed E-state index contributed by atoms with van der Waals surface area (Å²) >= 11 is 0. The van der Waals surface area contributed by atoms with Gasteiger partial charge in [-0.15, -0.1) is 0 Å². The van der Waals surface area contributed by atoms with E-state index in [9.17, 15) is 19.0 Å². The average Bonchev–Trinajstić information content (AvgIpc) is 2.32. The second kappa shape index (κ2) is 7.82. The first-order valence-electron chi connectivity index (χ1n) is 7.18. The minimum absolute atomic E-state index is 0.0330. The summed E-state index contributed by atoms with van der Waals surface area (Å²) < 4.78 is 26.9. The van der Waals surface area contributed by atoms with Crippen LogP contribution in [0.5, 0.6) is 0 Å². The predicted molar refractivity (Wildman–Crippen MR) is 78.9 cm³/mol. The predicted octanol–water partition coefficient (Wildman–Crippen LogP) is 2.73. The van der Waals surface area contributed by atoms with E-state index in [0.29, 0.717) is 25.1 Å². The lowest BCUT2D eigenvalue weighted by atomic mass is 9.93. The lowest BCUT2D eigenvalue weighted by Gasteiger charge is -2.36. The van der Waals surface area contributed by atoms with E-state index >= 15 is 0 Å². The Morgan fingerprint density at radius 3 is 2.05 bits per heavy atom. The van der Waals surface area contributed by atoms with Crippen LogP contribution in [0, 0.1) is 17.0 Å². The summed E-state index contributed by atoms with van der Waals surface area (Å²) in [6, 6.07) is 3.08. The SMILES string of the molecule is CC(C)(C)CN(CCO)C(CCO)c1cc(F)cc(F)c1. The van der Waals surface area contributed by atoms with E-state index in [1.165, 1.54) is 12.1 Å². The van der Waals surface area contributed by atoms with Gasteiger partial charge in [-0.3, -0.25) is 4.90 Å². The number of aliphatic hydroxyl groups is 2. The lowest BCUT2D eigenvalue weighted by Crippen LogP contribution is -2.38. The third-order valence-corrected chi connectivity index (χ3v) is 3.18. The Balaban J connectivity index is 3.10. The molecule has 0 heterocycles. The van der Waals surface area contributed by atoms with Crippen molar-refractivity contribution in [3.63, 3.8) is 0 Å². The van der Waals surface area contributed by atoms with Crippen LogP contribution in [-0.2, 0) is 0 Å². The van der Waals surface area contributed by atoms with Crippen molar-refractivity contribution in [1.29, 1.82) is 0 Å². The Labute approximate surface area is 125 Å². The van der Waals surface area contributed by atoms with Gasteiger partial charge >= 0.3 is 0 Å². The molecule has 5 heteroatoms. The Hall–Kier alpha value is -1.04. The van der Waals surface area contributed by atoms with Crippen LogP contribution in [0.15, 0.2) is 18.2 Å². The fourth-order valence-electron chi connectivity index (χ4n) is 2.53. The van der Waals surface area contributed by atoms with E-state index in [0.717, 1.165) is 6.07 Å². The number of aliphatic hydroxyl groups excluding tert-OH is 2. The van der Waals surface area contributed by atoms with Crippen molar-refractivity contribution in [3.05, 3.63) is 35.4 Å². The lowest BCUT2D eigenvalue weighted by molar-refractivity contribution is 0.0922. The molecule has 0 saturated heterocycles. The van der Waals surface area contributed by atoms with Crippen LogP contribution in [0.3, 0.4) is 0 Å². The monoisotopic (exact) mass is 301 g/mol. The molecular weight excluding hydrogens is 276 g/mol. The Bertz CT molecular complexity index is 426. The summed E-state index contributed by atoms with van der Waals surface area (Å²) in [7, 11) is 0. The minimum atomic E-state index is -0.632. The van der Waals surface area contributed by atoms with Gasteiger partial charge in [-0.25, -0.2) is 8.78 Å². The van der Waals surface area contributed by atoms with E-state index in [-0.39, 0.29) is 24.7 Å². The molecule has 0 spiro atoms. The standard InChI is InChI=1S/C16H25F2NO2/c1-16(2,3)11-19(5-7-21)15(4-6-20)12-8-13(17)10-14(18)9-12/h8-10,15,20-21H,4-7,11H2,1-3H3. The van der Waals surface area contributed by atoms with Crippen LogP contribution in [-0.4, -0.2) is 41.4 Å². The third-order valence-electron chi connectivity index (χ3n) is 3.18. The molecule has 0 radical (unpaired) electrons. The van der Waals surface area contributed by atoms with Crippen LogP contribution < -0.4 is 0 Å². The molecule has 0 aliphatic heterocycles. The van der Waals surface area contributed by atoms with Crippen molar-refractivity contribution in [1.82, 2.24) is 4.90 Å². The highest BCUT2D eigenvalue weighted by Crippen LogP contribution is 2.29. The number of hydrogen-bond acceptors (Lipinski definition) is 3. The van der Waals surface area contributed by atoms with Gasteiger partial charge in [0.25, 0.3) is 0 Å². The van der Waals surface area contributed by atoms with Gasteiger partial charge in [0, 0.05) is 31.8 Å². The number of benzene rings is 1. The molecule has 1 unspecified atom stereocenters. The molecule has 1 aromatic rings. The molecule has 2 N–H and O–H groups in total. The highest BCUT2D eigenvalue weighted by Gasteiger charge is 2.25. The van der Waals surface area contributed by atoms with Crippen LogP contribution in [0.4, 0.5) is 8.78 Å². The molecule has 3 nitrogen and oxygen atoms in total. The molecular formula is C16H25F2NO2. The zero-order chi connectivity index (χ0) is 16.0. The van der Waals surface area contributed by atoms with Crippen LogP contribution >= 0.6 is 0 Å². The van der Waals surface area contributed by atoms with Gasteiger partial charge in [0.05, 0.1) is 6.61 Å². The average molecular weight is 301 g/mol. The Morgan fingerprint density at radius 2 is 1.62 bits per heavy atom. The molecule has 1 rings (SSSR count). The van der Waals surface area contributed by atoms with Gasteiger partial charge in [-0.05, 0) is 29.5 Å². The fraction of sp³-hybridized carbons (Fsp3) is 0.625. The first-order chi connectivity index (χ1) is 9.76. The minimum Gasteiger partial charge on any atom is -0.396 e. The van der Waals surface area contributed by atoms with Crippen molar-refractivity contribution >= 4 is 0 Å². The maximum Gasteiger partial charge on any atom is 0.126 e. The maximum atomic E-state index is 13.4. The molecule has 21 heavy (non-hydrogen) atoms. The Kier molecular flexibility index (Phi) is 6.71. The van der Waals surface area contributed by atoms with E-state index in [1.54, 1.807) is 0 Å². The van der Waals surface area contributed by atoms with Gasteiger partial charge in [0.1, 0.15) is 11.6 Å². The topological polar surface area (TPSA) is 43.7 Å². The van der Waals surface area contributed by atoms with Crippen LogP contribution in [0.2, 0.25) is 0 Å². The molecule has 0 bridgehead atoms. The molecule has 0 amide bonds. The summed E-state index contributed by atoms with van der Waals surface area (Å²) in [5.41, 5.74) is 0.452. The smallest absolute Gasteiger partial charge is 0.126 e. The number of rotatable bonds is 7. The van der Waals surface area contributed by atoms with E-state index < -0.39 is 11.6 Å². The summed E-state index contributed by atoms with van der Waals surface area (Å²) in [6.45, 7) is 7.07. The van der Waals surface area contributed by atoms with Crippen LogP contribution in [0.1, 0.15) is 38.8 Å². The second-order valence-electron chi connectivity index (χ2n) is 6.49. The van der Waals surface area contributed by atoms with Crippen molar-refractivity contribution in [2.24, 2.45) is 5.41 Å². The normalized spacial score (nSPS) is 13.7. The summed E-state index contributed by atoms with van der Waals surface area (Å²) in [5, 5.41) is 18.5. The summed E-state index contributed by atoms with van der Waals surface area (Å²) in [5.74, 6) is -1.26. The largest absolute Gasteiger partial charge is 0.396 e. The number of hydrogen-bond donors (Lipinski definition) is 2. The highest BCUT2D eigenvalue weighted by atomic mass is 19.1. The first kappa shape index (κ1) is 18.0. The second-order valence-corrected chi connectivity index (χ2v) is 6.49. The molecule has 1 aromatic carbocycles. The van der Waals surface area contributed by atoms with Gasteiger partial charge in [-0.2, -0.15) is 0 Å². The fourth-order valence-corrected chi connectivity index (χ4v) is 2.53. The quantitative estimate of drug-likeness (QED) is 0.814. The van der Waals surface area contributed by atoms with Crippen LogP contribution in [0.25, 0.3) is 0 Å². The zero-order valence-electron chi connectivity index (χ0n) is 12.9. The van der Waals surface area contributed by atoms with Crippen molar-refractivity contribution < 1.29 is 19.0 Å². The van der Waals surface area contributed by atoms with Crippen molar-refractivity contribution in [3.8, 4) is 0 Å². The highest BCUT2D eigenvalue weighted by molar-refractivity contribution is 5.21. The molecule has 0 fully saturated rings. The molecule has 0 aromatic heterocycles. The molecule has 0 aliphatic rings. The molecule has 1 atom stereocenters. The molecule has 0 aliphatic carbocycles. The Morgan fingerprint density at radius 1 is 1.05 bits per heavy atom. The number of halogens is 2. The zero-order valence-corrected chi connectivity index (χ0v) is 12.9. The van der Waals surface area contributed by atoms with E-state index in [4.69, 9.17) is 0 Å². The van der Waals surface area contributed by atoms with Gasteiger partial charge in [0.15, 0.2) is 0 Å². The summed E-state index contributed by atoms with van der Waals surface area (Å²) in [6.07, 6.45) is 0.360. The van der Waals surface area contributed by atoms with Crippen molar-refractivity contribution in [2.45, 2.75) is 33.2 Å². The van der Waals surface area contributed by atoms with E-state index in [1.807, 2.05) is 4.90 Å². The number of nitrogens with zero attached hydrogens (tertiary/aromatic N) is 1. The molecule has 0 saturated carbocycles. The maximum absolute atomic E-state index is 13.4. The van der Waals surface area contributed by atoms with Gasteiger partial charge < -0.3 is 10.2 Å². The molecule has 120 valence electrons. The van der Waals surface area contributed by atoms with Gasteiger partial charge in [0.2, 0.25) is 0 Å². The van der Waals surface area contributed by atoms with E-state index in [2.05, 4.69) is 20.8 Å². The first-order valence-corrected chi connectivity index (χ1v) is 7.18. The van der Waals surface area contributed by atoms with Crippen molar-refractivity contribution in [2.75, 3.05) is 26.3 Å².